The second kappa shape index (κ2) is 9.06. The Labute approximate surface area is 187 Å². The van der Waals surface area contributed by atoms with E-state index in [-0.39, 0.29) is 29.0 Å². The molecule has 3 rings (SSSR count). The van der Waals surface area contributed by atoms with Gasteiger partial charge >= 0.3 is 0 Å². The van der Waals surface area contributed by atoms with Gasteiger partial charge in [-0.1, -0.05) is 39.0 Å². The molecule has 1 aliphatic rings. The Balaban J connectivity index is 1.61. The summed E-state index contributed by atoms with van der Waals surface area (Å²) in [6, 6.07) is 7.08. The van der Waals surface area contributed by atoms with Crippen molar-refractivity contribution < 1.29 is 18.7 Å². The van der Waals surface area contributed by atoms with E-state index in [1.165, 1.54) is 6.08 Å². The van der Waals surface area contributed by atoms with E-state index in [1.807, 2.05) is 6.07 Å². The molecule has 1 aromatic heterocycles. The van der Waals surface area contributed by atoms with Gasteiger partial charge in [-0.2, -0.15) is 0 Å². The lowest BCUT2D eigenvalue weighted by Gasteiger charge is -2.38. The molecule has 166 valence electrons. The number of carbonyl (C=O) groups is 2. The number of nitrogens with zero attached hydrogens (tertiary/aromatic N) is 1. The van der Waals surface area contributed by atoms with Crippen LogP contribution in [0, 0.1) is 0 Å². The van der Waals surface area contributed by atoms with Gasteiger partial charge < -0.3 is 24.7 Å². The lowest BCUT2D eigenvalue weighted by molar-refractivity contribution is -0.130. The molecule has 1 aliphatic heterocycles. The van der Waals surface area contributed by atoms with Crippen LogP contribution in [0.4, 0.5) is 5.69 Å². The largest absolute Gasteiger partial charge is 0.495 e. The molecular formula is C23H28ClN3O4. The molecule has 2 amide bonds. The van der Waals surface area contributed by atoms with Gasteiger partial charge in [-0.25, -0.2) is 0 Å². The first-order valence-corrected chi connectivity index (χ1v) is 10.4. The standard InChI is InChI=1S/C23H28ClN3O4/c1-6-21(28)27-12-14(13-27)26-22(29)19-8-7-15(31-19)11-25-18-9-16(23(2,3)4)17(24)10-20(18)30-5/h6-10,14,25H,1,11-13H2,2-5H3,(H,26,29). The van der Waals surface area contributed by atoms with Gasteiger partial charge in [0.1, 0.15) is 11.5 Å². The monoisotopic (exact) mass is 445 g/mol. The zero-order chi connectivity index (χ0) is 22.8. The molecule has 31 heavy (non-hydrogen) atoms. The van der Waals surface area contributed by atoms with Crippen molar-refractivity contribution in [3.05, 3.63) is 59.0 Å². The predicted molar refractivity (Wildman–Crippen MR) is 121 cm³/mol. The number of rotatable bonds is 7. The highest BCUT2D eigenvalue weighted by Gasteiger charge is 2.31. The van der Waals surface area contributed by atoms with Gasteiger partial charge in [0.15, 0.2) is 5.76 Å². The maximum Gasteiger partial charge on any atom is 0.287 e. The van der Waals surface area contributed by atoms with Crippen molar-refractivity contribution in [2.45, 2.75) is 38.8 Å². The summed E-state index contributed by atoms with van der Waals surface area (Å²) in [6.07, 6.45) is 1.27. The van der Waals surface area contributed by atoms with E-state index >= 15 is 0 Å². The van der Waals surface area contributed by atoms with Gasteiger partial charge in [-0.3, -0.25) is 9.59 Å². The molecule has 0 unspecified atom stereocenters. The third kappa shape index (κ3) is 5.22. The number of hydrogen-bond donors (Lipinski definition) is 2. The fourth-order valence-corrected chi connectivity index (χ4v) is 3.79. The minimum atomic E-state index is -0.305. The molecule has 8 heteroatoms. The molecular weight excluding hydrogens is 418 g/mol. The fraction of sp³-hybridized carbons (Fsp3) is 0.391. The topological polar surface area (TPSA) is 83.8 Å². The van der Waals surface area contributed by atoms with E-state index in [1.54, 1.807) is 30.2 Å². The number of carbonyl (C=O) groups excluding carboxylic acids is 2. The zero-order valence-corrected chi connectivity index (χ0v) is 19.0. The van der Waals surface area contributed by atoms with Crippen molar-refractivity contribution in [3.8, 4) is 5.75 Å². The number of furan rings is 1. The third-order valence-electron chi connectivity index (χ3n) is 5.14. The number of likely N-dealkylation sites (tertiary alicyclic amines) is 1. The summed E-state index contributed by atoms with van der Waals surface area (Å²) in [6.45, 7) is 11.1. The van der Waals surface area contributed by atoms with Crippen LogP contribution in [0.2, 0.25) is 5.02 Å². The van der Waals surface area contributed by atoms with Crippen LogP contribution < -0.4 is 15.4 Å². The first-order valence-electron chi connectivity index (χ1n) is 10.0. The lowest BCUT2D eigenvalue weighted by atomic mass is 9.86. The number of benzene rings is 1. The Morgan fingerprint density at radius 2 is 2.03 bits per heavy atom. The molecule has 0 atom stereocenters. The molecule has 0 aliphatic carbocycles. The number of anilines is 1. The molecule has 0 saturated carbocycles. The second-order valence-electron chi connectivity index (χ2n) is 8.52. The summed E-state index contributed by atoms with van der Waals surface area (Å²) in [7, 11) is 1.59. The molecule has 0 radical (unpaired) electrons. The quantitative estimate of drug-likeness (QED) is 0.630. The van der Waals surface area contributed by atoms with Gasteiger partial charge in [0.25, 0.3) is 5.91 Å². The summed E-state index contributed by atoms with van der Waals surface area (Å²) in [4.78, 5) is 25.5. The summed E-state index contributed by atoms with van der Waals surface area (Å²) in [5.41, 5.74) is 1.67. The van der Waals surface area contributed by atoms with E-state index in [2.05, 4.69) is 38.0 Å². The summed E-state index contributed by atoms with van der Waals surface area (Å²) < 4.78 is 11.1. The van der Waals surface area contributed by atoms with Gasteiger partial charge in [0.05, 0.1) is 25.4 Å². The van der Waals surface area contributed by atoms with Crippen molar-refractivity contribution in [2.75, 3.05) is 25.5 Å². The number of nitrogens with one attached hydrogen (secondary N) is 2. The van der Waals surface area contributed by atoms with Gasteiger partial charge in [-0.15, -0.1) is 0 Å². The SMILES string of the molecule is C=CC(=O)N1CC(NC(=O)c2ccc(CNc3cc(C(C)(C)C)c(Cl)cc3OC)o2)C1. The Morgan fingerprint density at radius 1 is 1.32 bits per heavy atom. The minimum absolute atomic E-state index is 0.0859. The van der Waals surface area contributed by atoms with E-state index in [4.69, 9.17) is 20.8 Å². The predicted octanol–water partition coefficient (Wildman–Crippen LogP) is 3.98. The highest BCUT2D eigenvalue weighted by atomic mass is 35.5. The Hall–Kier alpha value is -2.93. The van der Waals surface area contributed by atoms with Crippen molar-refractivity contribution >= 4 is 29.1 Å². The van der Waals surface area contributed by atoms with Crippen LogP contribution in [0.15, 0.2) is 41.3 Å². The van der Waals surface area contributed by atoms with E-state index < -0.39 is 0 Å². The maximum absolute atomic E-state index is 12.4. The number of halogens is 1. The summed E-state index contributed by atoms with van der Waals surface area (Å²) in [5.74, 6) is 1.02. The minimum Gasteiger partial charge on any atom is -0.495 e. The fourth-order valence-electron chi connectivity index (χ4n) is 3.35. The summed E-state index contributed by atoms with van der Waals surface area (Å²) >= 11 is 6.42. The van der Waals surface area contributed by atoms with Crippen molar-refractivity contribution in [3.63, 3.8) is 0 Å². The van der Waals surface area contributed by atoms with Crippen molar-refractivity contribution in [1.29, 1.82) is 0 Å². The second-order valence-corrected chi connectivity index (χ2v) is 8.93. The smallest absolute Gasteiger partial charge is 0.287 e. The Morgan fingerprint density at radius 3 is 2.65 bits per heavy atom. The van der Waals surface area contributed by atoms with Crippen LogP contribution >= 0.6 is 11.6 Å². The third-order valence-corrected chi connectivity index (χ3v) is 5.45. The number of methoxy groups -OCH3 is 1. The lowest BCUT2D eigenvalue weighted by Crippen LogP contribution is -2.60. The van der Waals surface area contributed by atoms with Crippen LogP contribution in [0.5, 0.6) is 5.75 Å². The van der Waals surface area contributed by atoms with E-state index in [0.29, 0.717) is 36.2 Å². The first-order chi connectivity index (χ1) is 14.6. The van der Waals surface area contributed by atoms with Crippen molar-refractivity contribution in [1.82, 2.24) is 10.2 Å². The van der Waals surface area contributed by atoms with Crippen LogP contribution in [-0.4, -0.2) is 43.0 Å². The summed E-state index contributed by atoms with van der Waals surface area (Å²) in [5, 5.41) is 6.81. The molecule has 1 aromatic carbocycles. The maximum atomic E-state index is 12.4. The molecule has 0 bridgehead atoms. The van der Waals surface area contributed by atoms with Gasteiger partial charge in [0, 0.05) is 24.2 Å². The van der Waals surface area contributed by atoms with Crippen LogP contribution in [-0.2, 0) is 16.8 Å². The number of amides is 2. The highest BCUT2D eigenvalue weighted by molar-refractivity contribution is 6.31. The average molecular weight is 446 g/mol. The number of ether oxygens (including phenoxy) is 1. The van der Waals surface area contributed by atoms with Crippen LogP contribution in [0.25, 0.3) is 0 Å². The van der Waals surface area contributed by atoms with Gasteiger partial charge in [0.2, 0.25) is 5.91 Å². The molecule has 7 nitrogen and oxygen atoms in total. The average Bonchev–Trinajstić information content (AvgIpc) is 3.16. The van der Waals surface area contributed by atoms with Crippen molar-refractivity contribution in [2.24, 2.45) is 0 Å². The Kier molecular flexibility index (Phi) is 6.65. The molecule has 2 aromatic rings. The molecule has 1 saturated heterocycles. The first kappa shape index (κ1) is 22.7. The normalized spacial score (nSPS) is 14.0. The molecule has 1 fully saturated rings. The van der Waals surface area contributed by atoms with E-state index in [9.17, 15) is 9.59 Å². The molecule has 0 spiro atoms. The number of hydrogen-bond acceptors (Lipinski definition) is 5. The Bertz CT molecular complexity index is 987. The zero-order valence-electron chi connectivity index (χ0n) is 18.3. The molecule has 2 heterocycles. The highest BCUT2D eigenvalue weighted by Crippen LogP contribution is 2.37. The van der Waals surface area contributed by atoms with E-state index in [0.717, 1.165) is 11.3 Å². The van der Waals surface area contributed by atoms with Gasteiger partial charge in [-0.05, 0) is 35.3 Å². The van der Waals surface area contributed by atoms with Crippen LogP contribution in [0.1, 0.15) is 42.6 Å². The van der Waals surface area contributed by atoms with Crippen LogP contribution in [0.3, 0.4) is 0 Å². The molecule has 2 N–H and O–H groups in total.